The number of nitrogens with zero attached hydrogens (tertiary/aromatic N) is 2. The van der Waals surface area contributed by atoms with E-state index in [1.54, 1.807) is 18.2 Å². The summed E-state index contributed by atoms with van der Waals surface area (Å²) >= 11 is 3.38. The average molecular weight is 514 g/mol. The highest BCUT2D eigenvalue weighted by Crippen LogP contribution is 2.36. The summed E-state index contributed by atoms with van der Waals surface area (Å²) in [5.41, 5.74) is 2.57. The summed E-state index contributed by atoms with van der Waals surface area (Å²) in [4.78, 5) is 12.2. The van der Waals surface area contributed by atoms with Gasteiger partial charge in [-0.1, -0.05) is 24.8 Å². The molecule has 2 aromatic rings. The van der Waals surface area contributed by atoms with Crippen LogP contribution in [0.2, 0.25) is 0 Å². The number of nitrogens with one attached hydrogen (secondary N) is 1. The van der Waals surface area contributed by atoms with Crippen molar-refractivity contribution < 1.29 is 27.1 Å². The molecule has 0 aliphatic rings. The molecule has 0 heterocycles. The van der Waals surface area contributed by atoms with E-state index in [0.717, 1.165) is 12.3 Å². The second-order valence-corrected chi connectivity index (χ2v) is 8.91. The fraction of sp³-hybridized carbons (Fsp3) is 0.200. The van der Waals surface area contributed by atoms with Gasteiger partial charge in [-0.3, -0.25) is 9.10 Å². The minimum Gasteiger partial charge on any atom is -0.493 e. The van der Waals surface area contributed by atoms with Crippen molar-refractivity contribution >= 4 is 43.8 Å². The minimum atomic E-state index is -3.90. The lowest BCUT2D eigenvalue weighted by Crippen LogP contribution is -2.39. The van der Waals surface area contributed by atoms with Gasteiger partial charge in [-0.25, -0.2) is 18.2 Å². The molecule has 166 valence electrons. The van der Waals surface area contributed by atoms with Gasteiger partial charge in [0.05, 0.1) is 29.7 Å². The Labute approximate surface area is 188 Å². The van der Waals surface area contributed by atoms with Crippen molar-refractivity contribution in [2.45, 2.75) is 0 Å². The van der Waals surface area contributed by atoms with Crippen LogP contribution in [0.1, 0.15) is 5.56 Å². The van der Waals surface area contributed by atoms with E-state index in [4.69, 9.17) is 9.47 Å². The number of methoxy groups -OCH3 is 1. The summed E-state index contributed by atoms with van der Waals surface area (Å²) in [6.07, 6.45) is 3.82. The summed E-state index contributed by atoms with van der Waals surface area (Å²) in [6.45, 7) is 3.24. The molecule has 0 aliphatic carbocycles. The highest BCUT2D eigenvalue weighted by molar-refractivity contribution is 9.10. The van der Waals surface area contributed by atoms with Crippen molar-refractivity contribution in [3.8, 4) is 11.5 Å². The molecule has 0 saturated carbocycles. The molecule has 0 saturated heterocycles. The van der Waals surface area contributed by atoms with Crippen LogP contribution in [0.5, 0.6) is 11.5 Å². The molecule has 2 rings (SSSR count). The van der Waals surface area contributed by atoms with Crippen molar-refractivity contribution in [3.05, 3.63) is 64.9 Å². The molecule has 2 aromatic carbocycles. The molecule has 0 aromatic heterocycles. The second kappa shape index (κ2) is 10.9. The fourth-order valence-corrected chi connectivity index (χ4v) is 3.91. The van der Waals surface area contributed by atoms with Crippen LogP contribution in [-0.2, 0) is 14.8 Å². The van der Waals surface area contributed by atoms with Gasteiger partial charge in [0.1, 0.15) is 19.0 Å². The smallest absolute Gasteiger partial charge is 0.260 e. The third-order valence-corrected chi connectivity index (χ3v) is 5.52. The van der Waals surface area contributed by atoms with Gasteiger partial charge in [0, 0.05) is 0 Å². The molecule has 0 spiro atoms. The molecule has 31 heavy (non-hydrogen) atoms. The van der Waals surface area contributed by atoms with Gasteiger partial charge in [0.25, 0.3) is 5.91 Å². The summed E-state index contributed by atoms with van der Waals surface area (Å²) < 4.78 is 50.2. The van der Waals surface area contributed by atoms with Gasteiger partial charge in [-0.15, -0.1) is 0 Å². The Bertz CT molecular complexity index is 1090. The van der Waals surface area contributed by atoms with Crippen LogP contribution < -0.4 is 19.2 Å². The lowest BCUT2D eigenvalue weighted by atomic mass is 10.2. The van der Waals surface area contributed by atoms with E-state index >= 15 is 0 Å². The number of hydrogen-bond donors (Lipinski definition) is 1. The molecular formula is C20H21BrFN3O5S. The molecule has 0 unspecified atom stereocenters. The third kappa shape index (κ3) is 6.79. The average Bonchev–Trinajstić information content (AvgIpc) is 2.70. The summed E-state index contributed by atoms with van der Waals surface area (Å²) in [6, 6.07) is 8.60. The number of anilines is 1. The van der Waals surface area contributed by atoms with Crippen molar-refractivity contribution in [2.24, 2.45) is 5.10 Å². The standard InChI is InChI=1S/C20H21BrFN3O5S/c1-4-9-30-20-15(21)10-14(11-18(20)29-2)12-23-24-19(26)13-25(31(3,27)28)17-8-6-5-7-16(17)22/h4-8,10-12H,1,9,13H2,2-3H3,(H,24,26)/b23-12-. The lowest BCUT2D eigenvalue weighted by molar-refractivity contribution is -0.119. The first-order valence-electron chi connectivity index (χ1n) is 8.82. The Kier molecular flexibility index (Phi) is 8.57. The Morgan fingerprint density at radius 2 is 2.06 bits per heavy atom. The largest absolute Gasteiger partial charge is 0.493 e. The molecule has 1 N–H and O–H groups in total. The topological polar surface area (TPSA) is 97.3 Å². The Hall–Kier alpha value is -2.92. The maximum absolute atomic E-state index is 14.0. The Morgan fingerprint density at radius 3 is 2.68 bits per heavy atom. The highest BCUT2D eigenvalue weighted by Gasteiger charge is 2.23. The van der Waals surface area contributed by atoms with E-state index in [1.807, 2.05) is 0 Å². The number of hydrogen-bond acceptors (Lipinski definition) is 6. The monoisotopic (exact) mass is 513 g/mol. The van der Waals surface area contributed by atoms with Crippen LogP contribution in [0.3, 0.4) is 0 Å². The van der Waals surface area contributed by atoms with Crippen LogP contribution in [0.15, 0.2) is 58.6 Å². The molecular weight excluding hydrogens is 493 g/mol. The van der Waals surface area contributed by atoms with E-state index in [2.05, 4.69) is 33.0 Å². The number of rotatable bonds is 10. The molecule has 0 radical (unpaired) electrons. The van der Waals surface area contributed by atoms with Crippen molar-refractivity contribution in [3.63, 3.8) is 0 Å². The zero-order chi connectivity index (χ0) is 23.0. The summed E-state index contributed by atoms with van der Waals surface area (Å²) in [7, 11) is -2.42. The van der Waals surface area contributed by atoms with Gasteiger partial charge in [0.15, 0.2) is 11.5 Å². The number of benzene rings is 2. The molecule has 0 fully saturated rings. The number of hydrazone groups is 1. The highest BCUT2D eigenvalue weighted by atomic mass is 79.9. The summed E-state index contributed by atoms with van der Waals surface area (Å²) in [5.74, 6) is -0.592. The van der Waals surface area contributed by atoms with Crippen LogP contribution in [0.4, 0.5) is 10.1 Å². The zero-order valence-corrected chi connectivity index (χ0v) is 19.2. The molecule has 8 nitrogen and oxygen atoms in total. The zero-order valence-electron chi connectivity index (χ0n) is 16.8. The Morgan fingerprint density at radius 1 is 1.35 bits per heavy atom. The van der Waals surface area contributed by atoms with Crippen LogP contribution in [0.25, 0.3) is 0 Å². The predicted molar refractivity (Wildman–Crippen MR) is 121 cm³/mol. The number of carbonyl (C=O) groups excluding carboxylic acids is 1. The van der Waals surface area contributed by atoms with Gasteiger partial charge in [-0.05, 0) is 45.8 Å². The number of halogens is 2. The number of sulfonamides is 1. The molecule has 0 atom stereocenters. The number of para-hydroxylation sites is 1. The van der Waals surface area contributed by atoms with E-state index in [1.165, 1.54) is 31.5 Å². The molecule has 1 amide bonds. The molecule has 11 heteroatoms. The van der Waals surface area contributed by atoms with E-state index in [0.29, 0.717) is 25.8 Å². The first kappa shape index (κ1) is 24.4. The van der Waals surface area contributed by atoms with Crippen molar-refractivity contribution in [1.29, 1.82) is 0 Å². The fourth-order valence-electron chi connectivity index (χ4n) is 2.48. The van der Waals surface area contributed by atoms with Gasteiger partial charge < -0.3 is 9.47 Å². The molecule has 0 aliphatic heterocycles. The lowest BCUT2D eigenvalue weighted by Gasteiger charge is -2.21. The van der Waals surface area contributed by atoms with Gasteiger partial charge >= 0.3 is 0 Å². The van der Waals surface area contributed by atoms with Gasteiger partial charge in [0.2, 0.25) is 10.0 Å². The van der Waals surface area contributed by atoms with E-state index in [-0.39, 0.29) is 12.3 Å². The first-order chi connectivity index (χ1) is 14.7. The SMILES string of the molecule is C=CCOc1c(Br)cc(/C=N\NC(=O)CN(c2ccccc2F)S(C)(=O)=O)cc1OC. The normalized spacial score (nSPS) is 11.2. The predicted octanol–water partition coefficient (Wildman–Crippen LogP) is 3.08. The van der Waals surface area contributed by atoms with Gasteiger partial charge in [-0.2, -0.15) is 5.10 Å². The van der Waals surface area contributed by atoms with Crippen molar-refractivity contribution in [2.75, 3.05) is 30.8 Å². The van der Waals surface area contributed by atoms with Crippen LogP contribution >= 0.6 is 15.9 Å². The molecule has 0 bridgehead atoms. The Balaban J connectivity index is 2.13. The third-order valence-electron chi connectivity index (χ3n) is 3.81. The summed E-state index contributed by atoms with van der Waals surface area (Å²) in [5, 5.41) is 3.83. The first-order valence-corrected chi connectivity index (χ1v) is 11.5. The number of amides is 1. The van der Waals surface area contributed by atoms with Crippen molar-refractivity contribution in [1.82, 2.24) is 5.43 Å². The van der Waals surface area contributed by atoms with Crippen LogP contribution in [-0.4, -0.2) is 47.1 Å². The maximum Gasteiger partial charge on any atom is 0.260 e. The van der Waals surface area contributed by atoms with E-state index < -0.39 is 28.3 Å². The van der Waals surface area contributed by atoms with E-state index in [9.17, 15) is 17.6 Å². The number of ether oxygens (including phenoxy) is 2. The second-order valence-electron chi connectivity index (χ2n) is 6.15. The quantitative estimate of drug-likeness (QED) is 0.299. The maximum atomic E-state index is 14.0. The van der Waals surface area contributed by atoms with Crippen LogP contribution in [0, 0.1) is 5.82 Å². The minimum absolute atomic E-state index is 0.229. The number of carbonyl (C=O) groups is 1.